The molecule has 0 aromatic heterocycles. The Morgan fingerprint density at radius 1 is 0.980 bits per heavy atom. The van der Waals surface area contributed by atoms with Gasteiger partial charge in [-0.15, -0.1) is 0 Å². The maximum Gasteiger partial charge on any atom is 0.321 e. The van der Waals surface area contributed by atoms with Crippen LogP contribution in [-0.4, -0.2) is 84.7 Å². The van der Waals surface area contributed by atoms with Crippen molar-refractivity contribution in [3.8, 4) is 11.5 Å². The molecule has 3 atom stereocenters. The molecule has 3 aromatic carbocycles. The number of urea groups is 1. The van der Waals surface area contributed by atoms with E-state index in [2.05, 4.69) is 16.0 Å². The summed E-state index contributed by atoms with van der Waals surface area (Å²) in [5, 5.41) is 18.5. The fourth-order valence-electron chi connectivity index (χ4n) is 5.56. The molecule has 0 spiro atoms. The minimum Gasteiger partial charge on any atom is -0.497 e. The number of ether oxygens (including phenoxy) is 2. The molecule has 1 aliphatic rings. The van der Waals surface area contributed by atoms with Gasteiger partial charge >= 0.3 is 6.03 Å². The summed E-state index contributed by atoms with van der Waals surface area (Å²) in [4.78, 5) is 55.0. The zero-order valence-electron chi connectivity index (χ0n) is 29.1. The summed E-state index contributed by atoms with van der Waals surface area (Å²) in [6, 6.07) is 18.2. The lowest BCUT2D eigenvalue weighted by Gasteiger charge is -2.38. The van der Waals surface area contributed by atoms with Gasteiger partial charge in [0.2, 0.25) is 11.8 Å². The third-order valence-corrected chi connectivity index (χ3v) is 8.63. The van der Waals surface area contributed by atoms with Gasteiger partial charge < -0.3 is 46.1 Å². The molecule has 4 rings (SSSR count). The van der Waals surface area contributed by atoms with E-state index in [1.54, 1.807) is 92.7 Å². The summed E-state index contributed by atoms with van der Waals surface area (Å²) in [6.07, 6.45) is 1.95. The lowest BCUT2D eigenvalue weighted by molar-refractivity contribution is -0.116. The number of nitrogens with one attached hydrogen (secondary N) is 3. The predicted molar refractivity (Wildman–Crippen MR) is 193 cm³/mol. The molecule has 6 N–H and O–H groups in total. The van der Waals surface area contributed by atoms with E-state index in [-0.39, 0.29) is 61.4 Å². The Bertz CT molecular complexity index is 1630. The third kappa shape index (κ3) is 10.3. The van der Waals surface area contributed by atoms with E-state index in [9.17, 15) is 24.3 Å². The van der Waals surface area contributed by atoms with Crippen LogP contribution in [0.2, 0.25) is 0 Å². The Morgan fingerprint density at radius 2 is 1.64 bits per heavy atom. The van der Waals surface area contributed by atoms with Crippen molar-refractivity contribution in [2.24, 2.45) is 5.92 Å². The van der Waals surface area contributed by atoms with Crippen LogP contribution in [0.25, 0.3) is 0 Å². The molecule has 1 heterocycles. The first-order chi connectivity index (χ1) is 24.0. The van der Waals surface area contributed by atoms with Crippen LogP contribution < -0.4 is 31.2 Å². The second kappa shape index (κ2) is 17.9. The quantitative estimate of drug-likeness (QED) is 0.114. The highest BCUT2D eigenvalue weighted by Crippen LogP contribution is 2.31. The molecule has 0 saturated carbocycles. The molecular formula is C37H48N6O7. The zero-order valence-corrected chi connectivity index (χ0v) is 29.1. The molecule has 0 radical (unpaired) electrons. The Kier molecular flexibility index (Phi) is 13.4. The van der Waals surface area contributed by atoms with Gasteiger partial charge in [0.15, 0.2) is 0 Å². The standard InChI is InChI=1S/C37H48N6O7/c1-24-21-43(25(2)23-44)36(47)29-20-27(39-34(45)12-6-5-7-13-35(46)41-31-11-9-8-10-30(31)38)16-19-32(29)50-33(24)22-42(3)37(48)40-26-14-17-28(49-4)18-15-26/h8-11,14-20,24-25,33,44H,5-7,12-13,21-23,38H2,1-4H3,(H,39,45)(H,40,48)(H,41,46)/t24-,25-,33+/m1/s1. The Balaban J connectivity index is 1.36. The molecule has 0 fully saturated rings. The molecule has 13 heteroatoms. The summed E-state index contributed by atoms with van der Waals surface area (Å²) in [7, 11) is 3.24. The second-order valence-electron chi connectivity index (χ2n) is 12.6. The van der Waals surface area contributed by atoms with Crippen LogP contribution in [-0.2, 0) is 9.59 Å². The highest BCUT2D eigenvalue weighted by Gasteiger charge is 2.34. The molecule has 0 saturated heterocycles. The maximum atomic E-state index is 13.8. The number of aliphatic hydroxyl groups excluding tert-OH is 1. The van der Waals surface area contributed by atoms with Crippen molar-refractivity contribution in [2.75, 3.05) is 55.5 Å². The first-order valence-corrected chi connectivity index (χ1v) is 16.8. The first-order valence-electron chi connectivity index (χ1n) is 16.8. The number of benzene rings is 3. The monoisotopic (exact) mass is 688 g/mol. The van der Waals surface area contributed by atoms with Crippen LogP contribution in [0.15, 0.2) is 66.7 Å². The van der Waals surface area contributed by atoms with E-state index in [0.717, 1.165) is 0 Å². The van der Waals surface area contributed by atoms with Gasteiger partial charge in [0.05, 0.1) is 43.2 Å². The largest absolute Gasteiger partial charge is 0.497 e. The molecule has 3 aromatic rings. The first kappa shape index (κ1) is 37.5. The van der Waals surface area contributed by atoms with Crippen molar-refractivity contribution in [3.63, 3.8) is 0 Å². The normalized spacial score (nSPS) is 16.2. The van der Waals surface area contributed by atoms with Gasteiger partial charge in [-0.1, -0.05) is 25.5 Å². The zero-order chi connectivity index (χ0) is 36.2. The average Bonchev–Trinajstić information content (AvgIpc) is 3.10. The van der Waals surface area contributed by atoms with Gasteiger partial charge in [-0.2, -0.15) is 0 Å². The van der Waals surface area contributed by atoms with Crippen LogP contribution >= 0.6 is 0 Å². The average molecular weight is 689 g/mol. The molecule has 13 nitrogen and oxygen atoms in total. The van der Waals surface area contributed by atoms with Crippen LogP contribution in [0.5, 0.6) is 11.5 Å². The van der Waals surface area contributed by atoms with E-state index < -0.39 is 12.1 Å². The highest BCUT2D eigenvalue weighted by atomic mass is 16.5. The van der Waals surface area contributed by atoms with Crippen molar-refractivity contribution in [1.82, 2.24) is 9.80 Å². The summed E-state index contributed by atoms with van der Waals surface area (Å²) >= 11 is 0. The minimum absolute atomic E-state index is 0.135. The number of nitrogens with zero attached hydrogens (tertiary/aromatic N) is 2. The Hall–Kier alpha value is -5.30. The number of likely N-dealkylation sites (N-methyl/N-ethyl adjacent to an activating group) is 1. The summed E-state index contributed by atoms with van der Waals surface area (Å²) < 4.78 is 11.6. The molecule has 0 unspecified atom stereocenters. The van der Waals surface area contributed by atoms with E-state index in [0.29, 0.717) is 59.9 Å². The highest BCUT2D eigenvalue weighted by molar-refractivity contribution is 6.00. The molecule has 50 heavy (non-hydrogen) atoms. The topological polar surface area (TPSA) is 176 Å². The lowest BCUT2D eigenvalue weighted by atomic mass is 9.99. The summed E-state index contributed by atoms with van der Waals surface area (Å²) in [5.74, 6) is 0.115. The number of fused-ring (bicyclic) bond motifs is 1. The van der Waals surface area contributed by atoms with Crippen LogP contribution in [0.4, 0.5) is 27.5 Å². The number of carbonyl (C=O) groups excluding carboxylic acids is 4. The number of unbranched alkanes of at least 4 members (excludes halogenated alkanes) is 2. The van der Waals surface area contributed by atoms with Crippen LogP contribution in [0, 0.1) is 5.92 Å². The van der Waals surface area contributed by atoms with Gasteiger partial charge in [0.1, 0.15) is 17.6 Å². The van der Waals surface area contributed by atoms with Crippen molar-refractivity contribution in [2.45, 2.75) is 58.1 Å². The molecule has 5 amide bonds. The molecule has 0 bridgehead atoms. The van der Waals surface area contributed by atoms with E-state index in [4.69, 9.17) is 15.2 Å². The van der Waals surface area contributed by atoms with Crippen molar-refractivity contribution < 1.29 is 33.8 Å². The SMILES string of the molecule is COc1ccc(NC(=O)N(C)C[C@@H]2Oc3ccc(NC(=O)CCCCCC(=O)Nc4ccccc4N)cc3C(=O)N([C@H](C)CO)C[C@H]2C)cc1. The Morgan fingerprint density at radius 3 is 2.30 bits per heavy atom. The number of anilines is 4. The van der Waals surface area contributed by atoms with Gasteiger partial charge in [-0.3, -0.25) is 14.4 Å². The number of rotatable bonds is 14. The second-order valence-corrected chi connectivity index (χ2v) is 12.6. The number of hydrogen-bond donors (Lipinski definition) is 5. The van der Waals surface area contributed by atoms with Gasteiger partial charge in [0.25, 0.3) is 5.91 Å². The van der Waals surface area contributed by atoms with E-state index in [1.165, 1.54) is 4.90 Å². The number of methoxy groups -OCH3 is 1. The molecule has 0 aliphatic carbocycles. The molecule has 1 aliphatic heterocycles. The number of nitrogen functional groups attached to an aromatic ring is 1. The molecular weight excluding hydrogens is 640 g/mol. The number of para-hydroxylation sites is 2. The van der Waals surface area contributed by atoms with Gasteiger partial charge in [0, 0.05) is 43.7 Å². The van der Waals surface area contributed by atoms with Crippen LogP contribution in [0.3, 0.4) is 0 Å². The van der Waals surface area contributed by atoms with Crippen molar-refractivity contribution in [3.05, 3.63) is 72.3 Å². The van der Waals surface area contributed by atoms with Gasteiger partial charge in [-0.25, -0.2) is 4.79 Å². The smallest absolute Gasteiger partial charge is 0.321 e. The number of amides is 5. The number of hydrogen-bond acceptors (Lipinski definition) is 8. The predicted octanol–water partition coefficient (Wildman–Crippen LogP) is 5.19. The lowest BCUT2D eigenvalue weighted by Crippen LogP contribution is -2.50. The molecule has 268 valence electrons. The van der Waals surface area contributed by atoms with Crippen molar-refractivity contribution in [1.29, 1.82) is 0 Å². The fourth-order valence-corrected chi connectivity index (χ4v) is 5.56. The third-order valence-electron chi connectivity index (χ3n) is 8.63. The maximum absolute atomic E-state index is 13.8. The van der Waals surface area contributed by atoms with E-state index in [1.807, 2.05) is 6.92 Å². The van der Waals surface area contributed by atoms with Crippen LogP contribution in [0.1, 0.15) is 56.3 Å². The van der Waals surface area contributed by atoms with Crippen molar-refractivity contribution >= 4 is 46.5 Å². The van der Waals surface area contributed by atoms with E-state index >= 15 is 0 Å². The fraction of sp³-hybridized carbons (Fsp3) is 0.405. The summed E-state index contributed by atoms with van der Waals surface area (Å²) in [5.41, 5.74) is 8.25. The number of aliphatic hydroxyl groups is 1. The summed E-state index contributed by atoms with van der Waals surface area (Å²) in [6.45, 7) is 3.98. The van der Waals surface area contributed by atoms with Gasteiger partial charge in [-0.05, 0) is 74.4 Å². The Labute approximate surface area is 293 Å². The minimum atomic E-state index is -0.491. The number of nitrogens with two attached hydrogens (primary N) is 1. The number of carbonyl (C=O) groups is 4.